The highest BCUT2D eigenvalue weighted by Gasteiger charge is 2.13. The number of nitrogens with one attached hydrogen (secondary N) is 2. The maximum Gasteiger partial charge on any atom is 0.191 e. The number of aliphatic imine (C=N–C) groups is 1. The van der Waals surface area contributed by atoms with Crippen molar-refractivity contribution in [3.05, 3.63) is 35.4 Å². The number of hydrogen-bond donors (Lipinski definition) is 2. The van der Waals surface area contributed by atoms with Gasteiger partial charge in [0.1, 0.15) is 0 Å². The number of benzene rings is 1. The van der Waals surface area contributed by atoms with Gasteiger partial charge in [0.05, 0.1) is 6.04 Å². The van der Waals surface area contributed by atoms with Gasteiger partial charge in [0.2, 0.25) is 0 Å². The van der Waals surface area contributed by atoms with Crippen LogP contribution >= 0.6 is 0 Å². The van der Waals surface area contributed by atoms with Crippen molar-refractivity contribution >= 4 is 5.96 Å². The lowest BCUT2D eigenvalue weighted by Gasteiger charge is -2.22. The van der Waals surface area contributed by atoms with Gasteiger partial charge in [0.15, 0.2) is 5.96 Å². The van der Waals surface area contributed by atoms with Crippen molar-refractivity contribution in [1.29, 1.82) is 0 Å². The van der Waals surface area contributed by atoms with Crippen molar-refractivity contribution in [1.82, 2.24) is 10.6 Å². The number of ether oxygens (including phenoxy) is 2. The quantitative estimate of drug-likeness (QED) is 0.431. The summed E-state index contributed by atoms with van der Waals surface area (Å²) in [5.74, 6) is 1.51. The molecule has 0 bridgehead atoms. The molecule has 1 aliphatic heterocycles. The molecule has 140 valence electrons. The first-order valence-electron chi connectivity index (χ1n) is 9.39. The number of hydrogen-bond acceptors (Lipinski definition) is 3. The van der Waals surface area contributed by atoms with Gasteiger partial charge in [-0.05, 0) is 50.2 Å². The van der Waals surface area contributed by atoms with E-state index in [2.05, 4.69) is 53.7 Å². The van der Waals surface area contributed by atoms with Gasteiger partial charge in [-0.1, -0.05) is 24.3 Å². The van der Waals surface area contributed by atoms with Gasteiger partial charge < -0.3 is 20.1 Å². The first kappa shape index (κ1) is 19.7. The van der Waals surface area contributed by atoms with E-state index in [0.29, 0.717) is 5.92 Å². The molecular weight excluding hydrogens is 314 g/mol. The van der Waals surface area contributed by atoms with Crippen LogP contribution in [0.1, 0.15) is 43.4 Å². The van der Waals surface area contributed by atoms with Crippen LogP contribution in [0.25, 0.3) is 0 Å². The fourth-order valence-electron chi connectivity index (χ4n) is 3.09. The number of guanidine groups is 1. The summed E-state index contributed by atoms with van der Waals surface area (Å²) in [5.41, 5.74) is 2.59. The van der Waals surface area contributed by atoms with Crippen LogP contribution in [0.4, 0.5) is 0 Å². The van der Waals surface area contributed by atoms with Gasteiger partial charge in [-0.15, -0.1) is 0 Å². The van der Waals surface area contributed by atoms with E-state index in [-0.39, 0.29) is 6.04 Å². The van der Waals surface area contributed by atoms with Crippen LogP contribution in [0.15, 0.2) is 29.3 Å². The first-order valence-corrected chi connectivity index (χ1v) is 9.39. The molecule has 1 aromatic rings. The summed E-state index contributed by atoms with van der Waals surface area (Å²) in [7, 11) is 1.81. The summed E-state index contributed by atoms with van der Waals surface area (Å²) in [6.45, 7) is 8.57. The standard InChI is InChI=1S/C20H33N3O2/c1-16-7-4-5-8-19(16)17(2)23-20(21-3)22-11-6-12-25-15-18-9-13-24-14-10-18/h4-5,7-8,17-18H,6,9-15H2,1-3H3,(H2,21,22,23). The summed E-state index contributed by atoms with van der Waals surface area (Å²) in [6.07, 6.45) is 3.24. The smallest absolute Gasteiger partial charge is 0.191 e. The Morgan fingerprint density at radius 1 is 1.32 bits per heavy atom. The van der Waals surface area contributed by atoms with E-state index in [4.69, 9.17) is 9.47 Å². The van der Waals surface area contributed by atoms with Crippen molar-refractivity contribution in [2.75, 3.05) is 40.0 Å². The monoisotopic (exact) mass is 347 g/mol. The fraction of sp³-hybridized carbons (Fsp3) is 0.650. The van der Waals surface area contributed by atoms with Crippen molar-refractivity contribution in [3.8, 4) is 0 Å². The Morgan fingerprint density at radius 3 is 2.80 bits per heavy atom. The predicted octanol–water partition coefficient (Wildman–Crippen LogP) is 3.05. The SMILES string of the molecule is CN=C(NCCCOCC1CCOCC1)NC(C)c1ccccc1C. The minimum atomic E-state index is 0.220. The molecule has 1 atom stereocenters. The Labute approximate surface area is 152 Å². The molecule has 1 saturated heterocycles. The Kier molecular flexibility index (Phi) is 8.77. The number of rotatable bonds is 8. The predicted molar refractivity (Wildman–Crippen MR) is 103 cm³/mol. The van der Waals surface area contributed by atoms with Crippen molar-refractivity contribution in [2.45, 2.75) is 39.2 Å². The summed E-state index contributed by atoms with van der Waals surface area (Å²) >= 11 is 0. The molecule has 1 fully saturated rings. The maximum absolute atomic E-state index is 5.80. The molecule has 1 heterocycles. The molecule has 25 heavy (non-hydrogen) atoms. The molecule has 2 N–H and O–H groups in total. The van der Waals surface area contributed by atoms with Crippen LogP contribution in [-0.4, -0.2) is 46.0 Å². The highest BCUT2D eigenvalue weighted by Crippen LogP contribution is 2.16. The summed E-state index contributed by atoms with van der Waals surface area (Å²) < 4.78 is 11.2. The highest BCUT2D eigenvalue weighted by molar-refractivity contribution is 5.80. The Hall–Kier alpha value is -1.59. The molecule has 1 aliphatic rings. The van der Waals surface area contributed by atoms with Crippen LogP contribution in [0.3, 0.4) is 0 Å². The van der Waals surface area contributed by atoms with E-state index in [1.807, 2.05) is 7.05 Å². The molecule has 0 saturated carbocycles. The Morgan fingerprint density at radius 2 is 2.08 bits per heavy atom. The molecule has 0 aromatic heterocycles. The molecule has 5 nitrogen and oxygen atoms in total. The average molecular weight is 348 g/mol. The van der Waals surface area contributed by atoms with E-state index in [1.54, 1.807) is 0 Å². The summed E-state index contributed by atoms with van der Waals surface area (Å²) in [6, 6.07) is 8.66. The van der Waals surface area contributed by atoms with Gasteiger partial charge in [-0.2, -0.15) is 0 Å². The molecule has 2 rings (SSSR count). The summed E-state index contributed by atoms with van der Waals surface area (Å²) in [5, 5.41) is 6.82. The summed E-state index contributed by atoms with van der Waals surface area (Å²) in [4.78, 5) is 4.31. The van der Waals surface area contributed by atoms with Crippen molar-refractivity contribution < 1.29 is 9.47 Å². The molecule has 1 unspecified atom stereocenters. The van der Waals surface area contributed by atoms with Gasteiger partial charge in [-0.25, -0.2) is 0 Å². The van der Waals surface area contributed by atoms with E-state index >= 15 is 0 Å². The molecule has 0 spiro atoms. The largest absolute Gasteiger partial charge is 0.381 e. The lowest BCUT2D eigenvalue weighted by molar-refractivity contribution is 0.0203. The average Bonchev–Trinajstić information content (AvgIpc) is 2.64. The lowest BCUT2D eigenvalue weighted by Crippen LogP contribution is -2.39. The number of nitrogens with zero attached hydrogens (tertiary/aromatic N) is 1. The van der Waals surface area contributed by atoms with Crippen LogP contribution in [-0.2, 0) is 9.47 Å². The minimum absolute atomic E-state index is 0.220. The molecule has 0 aliphatic carbocycles. The molecule has 0 radical (unpaired) electrons. The van der Waals surface area contributed by atoms with Gasteiger partial charge in [0, 0.05) is 40.0 Å². The zero-order chi connectivity index (χ0) is 17.9. The highest BCUT2D eigenvalue weighted by atomic mass is 16.5. The first-order chi connectivity index (χ1) is 12.2. The van der Waals surface area contributed by atoms with Gasteiger partial charge in [0.25, 0.3) is 0 Å². The molecular formula is C20H33N3O2. The third-order valence-electron chi connectivity index (χ3n) is 4.68. The van der Waals surface area contributed by atoms with E-state index in [9.17, 15) is 0 Å². The van der Waals surface area contributed by atoms with Gasteiger partial charge in [-0.3, -0.25) is 4.99 Å². The minimum Gasteiger partial charge on any atom is -0.381 e. The number of aryl methyl sites for hydroxylation is 1. The van der Waals surface area contributed by atoms with Crippen LogP contribution in [0.2, 0.25) is 0 Å². The molecule has 5 heteroatoms. The third-order valence-corrected chi connectivity index (χ3v) is 4.68. The third kappa shape index (κ3) is 7.04. The lowest BCUT2D eigenvalue weighted by atomic mass is 10.0. The second kappa shape index (κ2) is 11.1. The van der Waals surface area contributed by atoms with E-state index < -0.39 is 0 Å². The maximum atomic E-state index is 5.80. The molecule has 1 aromatic carbocycles. The van der Waals surface area contributed by atoms with Crippen molar-refractivity contribution in [2.24, 2.45) is 10.9 Å². The van der Waals surface area contributed by atoms with Crippen molar-refractivity contribution in [3.63, 3.8) is 0 Å². The molecule has 0 amide bonds. The Bertz CT molecular complexity index is 527. The van der Waals surface area contributed by atoms with E-state index in [1.165, 1.54) is 11.1 Å². The fourth-order valence-corrected chi connectivity index (χ4v) is 3.09. The zero-order valence-electron chi connectivity index (χ0n) is 15.9. The van der Waals surface area contributed by atoms with E-state index in [0.717, 1.165) is 58.2 Å². The second-order valence-electron chi connectivity index (χ2n) is 6.71. The normalized spacial score (nSPS) is 17.3. The Balaban J connectivity index is 1.61. The van der Waals surface area contributed by atoms with Crippen LogP contribution in [0, 0.1) is 12.8 Å². The topological polar surface area (TPSA) is 54.9 Å². The zero-order valence-corrected chi connectivity index (χ0v) is 15.9. The van der Waals surface area contributed by atoms with Crippen LogP contribution < -0.4 is 10.6 Å². The second-order valence-corrected chi connectivity index (χ2v) is 6.71. The van der Waals surface area contributed by atoms with Crippen LogP contribution in [0.5, 0.6) is 0 Å². The van der Waals surface area contributed by atoms with Gasteiger partial charge >= 0.3 is 0 Å².